The highest BCUT2D eigenvalue weighted by Crippen LogP contribution is 2.44. The molecule has 0 spiro atoms. The highest BCUT2D eigenvalue weighted by atomic mass is 79.9. The maximum absolute atomic E-state index is 10.7. The highest BCUT2D eigenvalue weighted by Gasteiger charge is 2.20. The number of benzene rings is 1. The van der Waals surface area contributed by atoms with Gasteiger partial charge < -0.3 is 24.2 Å². The van der Waals surface area contributed by atoms with Crippen molar-refractivity contribution in [2.24, 2.45) is 0 Å². The fourth-order valence-electron chi connectivity index (χ4n) is 1.33. The third-order valence-electron chi connectivity index (χ3n) is 1.92. The second kappa shape index (κ2) is 6.78. The molecule has 2 aromatic rings. The van der Waals surface area contributed by atoms with Gasteiger partial charge in [0.05, 0.1) is 15.9 Å². The molecular weight excluding hydrogens is 415 g/mol. The standard InChI is InChI=1S/C8H6BrClNO4P.H3O4P/c9-4-1-2-5-7(8(4)10)6(3-11-5)15-16(12,13)14;1-5(2,3)4/h1-3,11H,(H2,12,13,14);(H3,1,2,3,4). The molecule has 21 heavy (non-hydrogen) atoms. The molecule has 0 unspecified atom stereocenters. The molecule has 0 saturated heterocycles. The smallest absolute Gasteiger partial charge is 0.402 e. The summed E-state index contributed by atoms with van der Waals surface area (Å²) < 4.78 is 24.8. The molecule has 118 valence electrons. The van der Waals surface area contributed by atoms with Crippen LogP contribution in [0, 0.1) is 0 Å². The molecule has 0 saturated carbocycles. The maximum atomic E-state index is 10.7. The number of hydrogen-bond acceptors (Lipinski definition) is 3. The minimum atomic E-state index is -4.64. The Kier molecular flexibility index (Phi) is 6.02. The zero-order valence-corrected chi connectivity index (χ0v) is 14.0. The Morgan fingerprint density at radius 3 is 2.14 bits per heavy atom. The van der Waals surface area contributed by atoms with E-state index in [9.17, 15) is 4.57 Å². The van der Waals surface area contributed by atoms with E-state index in [1.54, 1.807) is 12.1 Å². The molecule has 6 N–H and O–H groups in total. The highest BCUT2D eigenvalue weighted by molar-refractivity contribution is 9.10. The number of nitrogens with one attached hydrogen (secondary N) is 1. The zero-order valence-electron chi connectivity index (χ0n) is 9.84. The fourth-order valence-corrected chi connectivity index (χ4v) is 2.32. The second-order valence-electron chi connectivity index (χ2n) is 3.53. The molecule has 1 aromatic heterocycles. The summed E-state index contributed by atoms with van der Waals surface area (Å²) in [6, 6.07) is 3.44. The number of phosphoric acid groups is 2. The van der Waals surface area contributed by atoms with E-state index in [0.29, 0.717) is 20.4 Å². The topological polar surface area (TPSA) is 160 Å². The van der Waals surface area contributed by atoms with Gasteiger partial charge in [-0.1, -0.05) is 11.6 Å². The van der Waals surface area contributed by atoms with Crippen molar-refractivity contribution in [1.82, 2.24) is 4.98 Å². The van der Waals surface area contributed by atoms with Crippen LogP contribution >= 0.6 is 43.2 Å². The number of aromatic amines is 1. The van der Waals surface area contributed by atoms with Gasteiger partial charge in [0, 0.05) is 10.7 Å². The lowest BCUT2D eigenvalue weighted by Crippen LogP contribution is -1.89. The van der Waals surface area contributed by atoms with Crippen molar-refractivity contribution in [3.8, 4) is 5.75 Å². The van der Waals surface area contributed by atoms with Crippen LogP contribution in [0.1, 0.15) is 0 Å². The first-order chi connectivity index (χ1) is 9.38. The van der Waals surface area contributed by atoms with E-state index in [2.05, 4.69) is 25.4 Å². The van der Waals surface area contributed by atoms with Crippen molar-refractivity contribution < 1.29 is 38.1 Å². The van der Waals surface area contributed by atoms with Crippen molar-refractivity contribution in [2.45, 2.75) is 0 Å². The van der Waals surface area contributed by atoms with Gasteiger partial charge in [0.15, 0.2) is 5.75 Å². The zero-order chi connectivity index (χ0) is 16.4. The molecule has 1 heterocycles. The van der Waals surface area contributed by atoms with E-state index in [1.807, 2.05) is 0 Å². The lowest BCUT2D eigenvalue weighted by Gasteiger charge is -2.06. The molecule has 2 rings (SSSR count). The number of phosphoric ester groups is 1. The first-order valence-electron chi connectivity index (χ1n) is 4.87. The lowest BCUT2D eigenvalue weighted by molar-refractivity contribution is 0.274. The average Bonchev–Trinajstić information content (AvgIpc) is 2.63. The number of aromatic nitrogens is 1. The van der Waals surface area contributed by atoms with Crippen molar-refractivity contribution in [3.63, 3.8) is 0 Å². The van der Waals surface area contributed by atoms with Gasteiger partial charge in [-0.05, 0) is 28.1 Å². The third-order valence-corrected chi connectivity index (χ3v) is 3.63. The van der Waals surface area contributed by atoms with Crippen LogP contribution in [0.3, 0.4) is 0 Å². The molecule has 0 atom stereocenters. The molecule has 0 aliphatic heterocycles. The average molecular weight is 424 g/mol. The van der Waals surface area contributed by atoms with Crippen molar-refractivity contribution in [2.75, 3.05) is 0 Å². The van der Waals surface area contributed by atoms with E-state index in [-0.39, 0.29) is 5.75 Å². The van der Waals surface area contributed by atoms with E-state index >= 15 is 0 Å². The van der Waals surface area contributed by atoms with Gasteiger partial charge >= 0.3 is 15.6 Å². The Morgan fingerprint density at radius 1 is 1.14 bits per heavy atom. The molecule has 13 heteroatoms. The van der Waals surface area contributed by atoms with Crippen LogP contribution in [0.5, 0.6) is 5.75 Å². The third kappa shape index (κ3) is 6.48. The number of fused-ring (bicyclic) bond motifs is 1. The summed E-state index contributed by atoms with van der Waals surface area (Å²) in [6.45, 7) is 0. The molecule has 0 aliphatic carbocycles. The molecule has 1 aromatic carbocycles. The summed E-state index contributed by atoms with van der Waals surface area (Å²) >= 11 is 9.22. The summed E-state index contributed by atoms with van der Waals surface area (Å²) in [5, 5.41) is 0.765. The Hall–Kier alpha value is -0.410. The summed E-state index contributed by atoms with van der Waals surface area (Å²) in [7, 11) is -9.23. The van der Waals surface area contributed by atoms with Gasteiger partial charge in [-0.25, -0.2) is 9.13 Å². The minimum absolute atomic E-state index is 0.0228. The van der Waals surface area contributed by atoms with Crippen LogP contribution < -0.4 is 4.52 Å². The lowest BCUT2D eigenvalue weighted by atomic mass is 10.2. The van der Waals surface area contributed by atoms with Crippen molar-refractivity contribution in [3.05, 3.63) is 27.8 Å². The van der Waals surface area contributed by atoms with Gasteiger partial charge in [-0.2, -0.15) is 0 Å². The molecule has 0 bridgehead atoms. The van der Waals surface area contributed by atoms with Gasteiger partial charge in [-0.15, -0.1) is 0 Å². The van der Waals surface area contributed by atoms with Gasteiger partial charge in [0.2, 0.25) is 0 Å². The van der Waals surface area contributed by atoms with Gasteiger partial charge in [0.25, 0.3) is 0 Å². The Labute approximate surface area is 131 Å². The number of H-pyrrole nitrogens is 1. The first-order valence-corrected chi connectivity index (χ1v) is 9.13. The van der Waals surface area contributed by atoms with Crippen LogP contribution in [0.15, 0.2) is 22.8 Å². The Bertz CT molecular complexity index is 729. The van der Waals surface area contributed by atoms with Crippen LogP contribution in [0.2, 0.25) is 5.02 Å². The molecule has 0 amide bonds. The summed E-state index contributed by atoms with van der Waals surface area (Å²) in [4.78, 5) is 41.8. The van der Waals surface area contributed by atoms with E-state index in [0.717, 1.165) is 0 Å². The van der Waals surface area contributed by atoms with Gasteiger partial charge in [0.1, 0.15) is 0 Å². The summed E-state index contributed by atoms with van der Waals surface area (Å²) in [5.74, 6) is 0.0228. The summed E-state index contributed by atoms with van der Waals surface area (Å²) in [6.07, 6.45) is 1.35. The second-order valence-corrected chi connectivity index (χ2v) is 6.95. The molecule has 9 nitrogen and oxygen atoms in total. The fraction of sp³-hybridized carbons (Fsp3) is 0. The summed E-state index contributed by atoms with van der Waals surface area (Å²) in [5.41, 5.74) is 0.636. The Balaban J connectivity index is 0.000000383. The van der Waals surface area contributed by atoms with E-state index < -0.39 is 15.6 Å². The first kappa shape index (κ1) is 18.6. The monoisotopic (exact) mass is 423 g/mol. The van der Waals surface area contributed by atoms with Crippen LogP contribution in [0.4, 0.5) is 0 Å². The number of halogens is 2. The number of hydrogen-bond donors (Lipinski definition) is 6. The normalized spacial score (nSPS) is 12.0. The number of rotatable bonds is 2. The SMILES string of the molecule is O=P(O)(O)O.O=P(O)(O)Oc1c[nH]c2ccc(Br)c(Cl)c12. The van der Waals surface area contributed by atoms with E-state index in [1.165, 1.54) is 6.20 Å². The van der Waals surface area contributed by atoms with Crippen molar-refractivity contribution in [1.29, 1.82) is 0 Å². The quantitative estimate of drug-likeness (QED) is 0.400. The van der Waals surface area contributed by atoms with Crippen LogP contribution in [-0.4, -0.2) is 29.5 Å². The maximum Gasteiger partial charge on any atom is 0.524 e. The van der Waals surface area contributed by atoms with E-state index in [4.69, 9.17) is 40.6 Å². The largest absolute Gasteiger partial charge is 0.524 e. The molecule has 0 fully saturated rings. The predicted octanol–water partition coefficient (Wildman–Crippen LogP) is 2.13. The van der Waals surface area contributed by atoms with Gasteiger partial charge in [-0.3, -0.25) is 9.79 Å². The van der Waals surface area contributed by atoms with Crippen LogP contribution in [0.25, 0.3) is 10.9 Å². The molecular formula is C8H9BrClNO8P2. The Morgan fingerprint density at radius 2 is 1.67 bits per heavy atom. The van der Waals surface area contributed by atoms with Crippen molar-refractivity contribution >= 4 is 54.1 Å². The molecule has 0 aliphatic rings. The molecule has 0 radical (unpaired) electrons. The van der Waals surface area contributed by atoms with Crippen LogP contribution in [-0.2, 0) is 9.13 Å². The minimum Gasteiger partial charge on any atom is -0.402 e. The predicted molar refractivity (Wildman–Crippen MR) is 77.9 cm³/mol.